The number of aromatic amines is 1. The summed E-state index contributed by atoms with van der Waals surface area (Å²) >= 11 is 6.50. The third-order valence-corrected chi connectivity index (χ3v) is 7.00. The van der Waals surface area contributed by atoms with E-state index < -0.39 is 42.7 Å². The predicted molar refractivity (Wildman–Crippen MR) is 122 cm³/mol. The molecule has 3 aromatic rings. The van der Waals surface area contributed by atoms with Crippen LogP contribution in [0.5, 0.6) is 0 Å². The van der Waals surface area contributed by atoms with Crippen LogP contribution in [-0.2, 0) is 15.0 Å². The van der Waals surface area contributed by atoms with Gasteiger partial charge in [0, 0.05) is 41.0 Å². The quantitative estimate of drug-likeness (QED) is 0.562. The summed E-state index contributed by atoms with van der Waals surface area (Å²) in [5.74, 6) is -1.38. The number of hydrogen-bond donors (Lipinski definition) is 1. The normalized spacial score (nSPS) is 19.7. The number of alkyl halides is 3. The van der Waals surface area contributed by atoms with Crippen LogP contribution in [0.25, 0.3) is 10.9 Å². The molecule has 2 aliphatic rings. The molecule has 2 aromatic carbocycles. The summed E-state index contributed by atoms with van der Waals surface area (Å²) in [6, 6.07) is 10.0. The lowest BCUT2D eigenvalue weighted by Gasteiger charge is -2.25. The second kappa shape index (κ2) is 8.37. The van der Waals surface area contributed by atoms with Crippen molar-refractivity contribution in [3.05, 3.63) is 58.7 Å². The van der Waals surface area contributed by atoms with Crippen molar-refractivity contribution in [1.82, 2.24) is 15.1 Å². The fourth-order valence-electron chi connectivity index (χ4n) is 5.00. The lowest BCUT2D eigenvalue weighted by atomic mass is 9.81. The van der Waals surface area contributed by atoms with E-state index in [1.807, 2.05) is 0 Å². The van der Waals surface area contributed by atoms with Crippen molar-refractivity contribution in [2.75, 3.05) is 24.5 Å². The standard InChI is InChI=1S/C24H20ClF3N4O3/c25-17-2-1-3-19-20(17)23(22(35)32(19)12-16(33)6-7-24(26,27)28)8-9-31(13-23)21(34)14-4-5-18-15(10-14)11-29-30-18/h1-5,10-11H,6-9,12-13H2,(H,29,30). The van der Waals surface area contributed by atoms with Gasteiger partial charge >= 0.3 is 6.18 Å². The van der Waals surface area contributed by atoms with Crippen LogP contribution in [0.3, 0.4) is 0 Å². The highest BCUT2D eigenvalue weighted by Crippen LogP contribution is 2.50. The van der Waals surface area contributed by atoms with E-state index in [0.29, 0.717) is 21.8 Å². The van der Waals surface area contributed by atoms with Crippen LogP contribution in [-0.4, -0.2) is 58.5 Å². The number of fused-ring (bicyclic) bond motifs is 3. The van der Waals surface area contributed by atoms with Crippen LogP contribution >= 0.6 is 11.6 Å². The first-order valence-electron chi connectivity index (χ1n) is 11.0. The molecule has 35 heavy (non-hydrogen) atoms. The summed E-state index contributed by atoms with van der Waals surface area (Å²) in [7, 11) is 0. The Kier molecular flexibility index (Phi) is 5.58. The van der Waals surface area contributed by atoms with Crippen LogP contribution in [0.15, 0.2) is 42.6 Å². The fraction of sp³-hybridized carbons (Fsp3) is 0.333. The molecule has 2 amide bonds. The molecule has 1 fully saturated rings. The van der Waals surface area contributed by atoms with Crippen molar-refractivity contribution in [2.45, 2.75) is 30.9 Å². The third-order valence-electron chi connectivity index (χ3n) is 6.68. The van der Waals surface area contributed by atoms with Crippen molar-refractivity contribution in [2.24, 2.45) is 0 Å². The van der Waals surface area contributed by atoms with Gasteiger partial charge in [0.15, 0.2) is 5.78 Å². The SMILES string of the molecule is O=C(CCC(F)(F)F)CN1C(=O)C2(CCN(C(=O)c3ccc4[nH]ncc4c3)C2)c2c(Cl)cccc21. The lowest BCUT2D eigenvalue weighted by Crippen LogP contribution is -2.45. The summed E-state index contributed by atoms with van der Waals surface area (Å²) < 4.78 is 37.7. The molecule has 5 rings (SSSR count). The van der Waals surface area contributed by atoms with Gasteiger partial charge in [-0.3, -0.25) is 19.5 Å². The average molecular weight is 505 g/mol. The molecule has 3 heterocycles. The smallest absolute Gasteiger partial charge is 0.337 e. The summed E-state index contributed by atoms with van der Waals surface area (Å²) in [5, 5.41) is 7.87. The largest absolute Gasteiger partial charge is 0.389 e. The Morgan fingerprint density at radius 1 is 1.20 bits per heavy atom. The number of nitrogens with one attached hydrogen (secondary N) is 1. The fourth-order valence-corrected chi connectivity index (χ4v) is 5.35. The average Bonchev–Trinajstić information content (AvgIpc) is 3.51. The Morgan fingerprint density at radius 2 is 2.00 bits per heavy atom. The van der Waals surface area contributed by atoms with E-state index in [9.17, 15) is 27.6 Å². The van der Waals surface area contributed by atoms with Crippen molar-refractivity contribution in [3.63, 3.8) is 0 Å². The maximum Gasteiger partial charge on any atom is 0.389 e. The molecule has 0 bridgehead atoms. The highest BCUT2D eigenvalue weighted by molar-refractivity contribution is 6.33. The van der Waals surface area contributed by atoms with Gasteiger partial charge in [-0.25, -0.2) is 0 Å². The number of carbonyl (C=O) groups is 3. The molecular weight excluding hydrogens is 485 g/mol. The number of H-pyrrole nitrogens is 1. The minimum Gasteiger partial charge on any atom is -0.337 e. The van der Waals surface area contributed by atoms with Gasteiger partial charge in [0.05, 0.1) is 35.8 Å². The Morgan fingerprint density at radius 3 is 2.77 bits per heavy atom. The Labute approximate surface area is 202 Å². The number of ketones is 1. The molecule has 1 aromatic heterocycles. The van der Waals surface area contributed by atoms with Gasteiger partial charge in [0.2, 0.25) is 5.91 Å². The van der Waals surface area contributed by atoms with Gasteiger partial charge in [0.1, 0.15) is 0 Å². The number of benzene rings is 2. The number of hydrogen-bond acceptors (Lipinski definition) is 4. The first kappa shape index (κ1) is 23.3. The molecule has 2 aliphatic heterocycles. The zero-order chi connectivity index (χ0) is 25.0. The molecule has 1 spiro atoms. The van der Waals surface area contributed by atoms with Crippen LogP contribution in [0, 0.1) is 0 Å². The zero-order valence-electron chi connectivity index (χ0n) is 18.4. The van der Waals surface area contributed by atoms with Crippen LogP contribution < -0.4 is 4.90 Å². The third kappa shape index (κ3) is 4.05. The Balaban J connectivity index is 1.42. The van der Waals surface area contributed by atoms with Gasteiger partial charge in [-0.05, 0) is 36.8 Å². The van der Waals surface area contributed by atoms with E-state index in [1.54, 1.807) is 47.5 Å². The number of aromatic nitrogens is 2. The molecule has 1 unspecified atom stereocenters. The number of amides is 2. The summed E-state index contributed by atoms with van der Waals surface area (Å²) in [6.07, 6.45) is -4.52. The number of anilines is 1. The van der Waals surface area contributed by atoms with E-state index in [2.05, 4.69) is 10.2 Å². The van der Waals surface area contributed by atoms with Gasteiger partial charge in [-0.15, -0.1) is 0 Å². The van der Waals surface area contributed by atoms with Crippen molar-refractivity contribution in [3.8, 4) is 0 Å². The molecule has 0 radical (unpaired) electrons. The second-order valence-corrected chi connectivity index (χ2v) is 9.32. The highest BCUT2D eigenvalue weighted by atomic mass is 35.5. The Hall–Kier alpha value is -3.40. The van der Waals surface area contributed by atoms with E-state index >= 15 is 0 Å². The molecule has 182 valence electrons. The number of Topliss-reactive ketones (excluding diaryl/α,β-unsaturated/α-hetero) is 1. The minimum atomic E-state index is -4.46. The first-order chi connectivity index (χ1) is 16.6. The number of carbonyl (C=O) groups excluding carboxylic acids is 3. The van der Waals surface area contributed by atoms with Gasteiger partial charge in [0.25, 0.3) is 5.91 Å². The molecular formula is C24H20ClF3N4O3. The van der Waals surface area contributed by atoms with Crippen molar-refractivity contribution >= 4 is 45.8 Å². The summed E-state index contributed by atoms with van der Waals surface area (Å²) in [4.78, 5) is 42.1. The molecule has 1 atom stereocenters. The molecule has 1 N–H and O–H groups in total. The summed E-state index contributed by atoms with van der Waals surface area (Å²) in [5.41, 5.74) is 0.984. The van der Waals surface area contributed by atoms with Crippen LogP contribution in [0.4, 0.5) is 18.9 Å². The molecule has 0 aliphatic carbocycles. The first-order valence-corrected chi connectivity index (χ1v) is 11.4. The van der Waals surface area contributed by atoms with E-state index in [0.717, 1.165) is 10.9 Å². The maximum absolute atomic E-state index is 13.7. The van der Waals surface area contributed by atoms with Crippen molar-refractivity contribution < 1.29 is 27.6 Å². The monoisotopic (exact) mass is 504 g/mol. The van der Waals surface area contributed by atoms with Crippen LogP contribution in [0.1, 0.15) is 35.2 Å². The predicted octanol–water partition coefficient (Wildman–Crippen LogP) is 4.26. The molecule has 1 saturated heterocycles. The van der Waals surface area contributed by atoms with Gasteiger partial charge < -0.3 is 9.80 Å². The van der Waals surface area contributed by atoms with E-state index in [-0.39, 0.29) is 25.4 Å². The molecule has 0 saturated carbocycles. The number of rotatable bonds is 5. The maximum atomic E-state index is 13.7. The highest BCUT2D eigenvalue weighted by Gasteiger charge is 2.56. The number of nitrogens with zero attached hydrogens (tertiary/aromatic N) is 3. The van der Waals surface area contributed by atoms with E-state index in [1.165, 1.54) is 4.90 Å². The van der Waals surface area contributed by atoms with Crippen LogP contribution in [0.2, 0.25) is 5.02 Å². The minimum absolute atomic E-state index is 0.0536. The summed E-state index contributed by atoms with van der Waals surface area (Å²) in [6.45, 7) is -0.137. The second-order valence-electron chi connectivity index (χ2n) is 8.91. The number of halogens is 4. The lowest BCUT2D eigenvalue weighted by molar-refractivity contribution is -0.142. The van der Waals surface area contributed by atoms with Gasteiger partial charge in [-0.1, -0.05) is 17.7 Å². The molecule has 11 heteroatoms. The van der Waals surface area contributed by atoms with Crippen molar-refractivity contribution in [1.29, 1.82) is 0 Å². The van der Waals surface area contributed by atoms with Gasteiger partial charge in [-0.2, -0.15) is 18.3 Å². The topological polar surface area (TPSA) is 86.4 Å². The Bertz CT molecular complexity index is 1360. The van der Waals surface area contributed by atoms with E-state index in [4.69, 9.17) is 11.6 Å². The number of likely N-dealkylation sites (tertiary alicyclic amines) is 1. The molecule has 7 nitrogen and oxygen atoms in total. The zero-order valence-corrected chi connectivity index (χ0v) is 19.1.